The van der Waals surface area contributed by atoms with E-state index in [1.54, 1.807) is 0 Å². The maximum absolute atomic E-state index is 11.5. The number of esters is 2. The molecule has 0 atom stereocenters. The lowest BCUT2D eigenvalue weighted by molar-refractivity contribution is -0.146. The molecule has 0 radical (unpaired) electrons. The van der Waals surface area contributed by atoms with E-state index in [2.05, 4.69) is 6.92 Å². The number of carbonyl (C=O) groups excluding carboxylic acids is 2. The number of rotatable bonds is 10. The predicted molar refractivity (Wildman–Crippen MR) is 77.3 cm³/mol. The molecular formula is C16H28O4. The molecule has 1 aliphatic rings. The second kappa shape index (κ2) is 10.7. The van der Waals surface area contributed by atoms with Crippen molar-refractivity contribution in [3.63, 3.8) is 0 Å². The Kier molecular flexibility index (Phi) is 9.09. The molecule has 1 aliphatic carbocycles. The minimum atomic E-state index is -0.155. The zero-order valence-electron chi connectivity index (χ0n) is 12.7. The molecule has 0 aliphatic heterocycles. The smallest absolute Gasteiger partial charge is 0.305 e. The quantitative estimate of drug-likeness (QED) is 0.454. The van der Waals surface area contributed by atoms with Gasteiger partial charge in [0.15, 0.2) is 0 Å². The summed E-state index contributed by atoms with van der Waals surface area (Å²) in [5.74, 6) is 0.293. The normalized spacial score (nSPS) is 15.2. The van der Waals surface area contributed by atoms with Crippen LogP contribution < -0.4 is 0 Å². The molecule has 1 fully saturated rings. The third-order valence-corrected chi connectivity index (χ3v) is 3.73. The first-order valence-electron chi connectivity index (χ1n) is 8.03. The Morgan fingerprint density at radius 3 is 2.15 bits per heavy atom. The third-order valence-electron chi connectivity index (χ3n) is 3.73. The van der Waals surface area contributed by atoms with E-state index >= 15 is 0 Å². The molecule has 20 heavy (non-hydrogen) atoms. The molecule has 4 nitrogen and oxygen atoms in total. The van der Waals surface area contributed by atoms with Gasteiger partial charge in [0.2, 0.25) is 0 Å². The Morgan fingerprint density at radius 1 is 0.950 bits per heavy atom. The number of hydrogen-bond donors (Lipinski definition) is 0. The Balaban J connectivity index is 1.91. The number of unbranched alkanes of at least 4 members (excludes halogenated alkanes) is 2. The van der Waals surface area contributed by atoms with Crippen LogP contribution in [-0.4, -0.2) is 25.2 Å². The van der Waals surface area contributed by atoms with Crippen molar-refractivity contribution < 1.29 is 19.1 Å². The number of hydrogen-bond acceptors (Lipinski definition) is 4. The van der Waals surface area contributed by atoms with E-state index < -0.39 is 0 Å². The molecule has 0 unspecified atom stereocenters. The molecule has 0 aromatic carbocycles. The van der Waals surface area contributed by atoms with Crippen molar-refractivity contribution in [1.29, 1.82) is 0 Å². The van der Waals surface area contributed by atoms with Crippen LogP contribution in [0.2, 0.25) is 0 Å². The van der Waals surface area contributed by atoms with E-state index in [4.69, 9.17) is 9.47 Å². The average molecular weight is 284 g/mol. The van der Waals surface area contributed by atoms with E-state index in [1.165, 1.54) is 25.7 Å². The highest BCUT2D eigenvalue weighted by molar-refractivity contribution is 5.70. The summed E-state index contributed by atoms with van der Waals surface area (Å²) in [7, 11) is 0. The van der Waals surface area contributed by atoms with Crippen LogP contribution in [0.5, 0.6) is 0 Å². The van der Waals surface area contributed by atoms with Crippen LogP contribution in [-0.2, 0) is 19.1 Å². The molecule has 1 rings (SSSR count). The third kappa shape index (κ3) is 8.18. The van der Waals surface area contributed by atoms with Crippen molar-refractivity contribution in [3.8, 4) is 0 Å². The lowest BCUT2D eigenvalue weighted by atomic mass is 10.1. The van der Waals surface area contributed by atoms with Crippen LogP contribution in [0, 0.1) is 5.92 Å². The zero-order valence-corrected chi connectivity index (χ0v) is 12.7. The molecule has 0 amide bonds. The largest absolute Gasteiger partial charge is 0.466 e. The van der Waals surface area contributed by atoms with Crippen molar-refractivity contribution in [2.45, 2.75) is 71.1 Å². The summed E-state index contributed by atoms with van der Waals surface area (Å²) in [6.07, 6.45) is 9.07. The van der Waals surface area contributed by atoms with Crippen molar-refractivity contribution in [3.05, 3.63) is 0 Å². The van der Waals surface area contributed by atoms with Gasteiger partial charge in [-0.3, -0.25) is 9.59 Å². The van der Waals surface area contributed by atoms with Crippen molar-refractivity contribution >= 4 is 11.9 Å². The van der Waals surface area contributed by atoms with Gasteiger partial charge in [-0.15, -0.1) is 0 Å². The number of ether oxygens (including phenoxy) is 2. The molecule has 4 heteroatoms. The van der Waals surface area contributed by atoms with Gasteiger partial charge >= 0.3 is 11.9 Å². The van der Waals surface area contributed by atoms with Crippen LogP contribution in [0.3, 0.4) is 0 Å². The van der Waals surface area contributed by atoms with Crippen molar-refractivity contribution in [2.24, 2.45) is 5.92 Å². The minimum Gasteiger partial charge on any atom is -0.466 e. The summed E-state index contributed by atoms with van der Waals surface area (Å²) in [4.78, 5) is 22.8. The summed E-state index contributed by atoms with van der Waals surface area (Å²) >= 11 is 0. The highest BCUT2D eigenvalue weighted by Gasteiger charge is 2.16. The van der Waals surface area contributed by atoms with Gasteiger partial charge in [-0.25, -0.2) is 0 Å². The summed E-state index contributed by atoms with van der Waals surface area (Å²) in [5.41, 5.74) is 0. The van der Waals surface area contributed by atoms with E-state index in [-0.39, 0.29) is 11.9 Å². The Morgan fingerprint density at radius 2 is 1.55 bits per heavy atom. The first-order chi connectivity index (χ1) is 9.72. The summed E-state index contributed by atoms with van der Waals surface area (Å²) in [5, 5.41) is 0. The van der Waals surface area contributed by atoms with Gasteiger partial charge in [-0.2, -0.15) is 0 Å². The molecular weight excluding hydrogens is 256 g/mol. The topological polar surface area (TPSA) is 52.6 Å². The first kappa shape index (κ1) is 17.0. The van der Waals surface area contributed by atoms with E-state index in [1.807, 2.05) is 0 Å². The van der Waals surface area contributed by atoms with E-state index in [0.717, 1.165) is 12.8 Å². The Hall–Kier alpha value is -1.06. The minimum absolute atomic E-state index is 0.128. The van der Waals surface area contributed by atoms with Gasteiger partial charge in [-0.05, 0) is 38.0 Å². The molecule has 0 bridgehead atoms. The number of carbonyl (C=O) groups is 2. The zero-order chi connectivity index (χ0) is 14.6. The van der Waals surface area contributed by atoms with Crippen LogP contribution in [0.15, 0.2) is 0 Å². The summed E-state index contributed by atoms with van der Waals surface area (Å²) < 4.78 is 10.3. The van der Waals surface area contributed by atoms with Gasteiger partial charge in [0.05, 0.1) is 13.2 Å². The van der Waals surface area contributed by atoms with Crippen LogP contribution >= 0.6 is 0 Å². The molecule has 0 saturated heterocycles. The monoisotopic (exact) mass is 284 g/mol. The fraction of sp³-hybridized carbons (Fsp3) is 0.875. The SMILES string of the molecule is CCCCOC(=O)CCCCC(=O)OCC1CCCC1. The van der Waals surface area contributed by atoms with Gasteiger partial charge < -0.3 is 9.47 Å². The van der Waals surface area contributed by atoms with Crippen LogP contribution in [0.4, 0.5) is 0 Å². The predicted octanol–water partition coefficient (Wildman–Crippen LogP) is 3.62. The second-order valence-electron chi connectivity index (χ2n) is 5.61. The molecule has 0 aromatic rings. The highest BCUT2D eigenvalue weighted by Crippen LogP contribution is 2.24. The van der Waals surface area contributed by atoms with Crippen molar-refractivity contribution in [1.82, 2.24) is 0 Å². The highest BCUT2D eigenvalue weighted by atomic mass is 16.5. The van der Waals surface area contributed by atoms with Gasteiger partial charge in [0.25, 0.3) is 0 Å². The Bertz CT molecular complexity index is 282. The summed E-state index contributed by atoms with van der Waals surface area (Å²) in [6.45, 7) is 3.15. The van der Waals surface area contributed by atoms with E-state index in [9.17, 15) is 9.59 Å². The maximum atomic E-state index is 11.5. The second-order valence-corrected chi connectivity index (χ2v) is 5.61. The average Bonchev–Trinajstić information content (AvgIpc) is 2.95. The lowest BCUT2D eigenvalue weighted by Gasteiger charge is -2.09. The molecule has 116 valence electrons. The van der Waals surface area contributed by atoms with E-state index in [0.29, 0.717) is 44.8 Å². The first-order valence-corrected chi connectivity index (χ1v) is 8.03. The molecule has 0 heterocycles. The van der Waals surface area contributed by atoms with Crippen LogP contribution in [0.25, 0.3) is 0 Å². The van der Waals surface area contributed by atoms with Crippen molar-refractivity contribution in [2.75, 3.05) is 13.2 Å². The van der Waals surface area contributed by atoms with Gasteiger partial charge in [-0.1, -0.05) is 26.2 Å². The van der Waals surface area contributed by atoms with Gasteiger partial charge in [0.1, 0.15) is 0 Å². The lowest BCUT2D eigenvalue weighted by Crippen LogP contribution is -2.12. The summed E-state index contributed by atoms with van der Waals surface area (Å²) in [6, 6.07) is 0. The molecule has 1 saturated carbocycles. The standard InChI is InChI=1S/C16H28O4/c1-2-3-12-19-15(17)10-6-7-11-16(18)20-13-14-8-4-5-9-14/h14H,2-13H2,1H3. The Labute approximate surface area is 122 Å². The molecule has 0 spiro atoms. The fourth-order valence-corrected chi connectivity index (χ4v) is 2.40. The molecule has 0 aromatic heterocycles. The van der Waals surface area contributed by atoms with Gasteiger partial charge in [0, 0.05) is 12.8 Å². The van der Waals surface area contributed by atoms with Crippen LogP contribution in [0.1, 0.15) is 71.1 Å². The fourth-order valence-electron chi connectivity index (χ4n) is 2.40. The molecule has 0 N–H and O–H groups in total. The maximum Gasteiger partial charge on any atom is 0.305 e.